The van der Waals surface area contributed by atoms with Gasteiger partial charge in [-0.1, -0.05) is 34.8 Å². The van der Waals surface area contributed by atoms with Gasteiger partial charge in [0.15, 0.2) is 0 Å². The fraction of sp³-hybridized carbons (Fsp3) is 0.167. The highest BCUT2D eigenvalue weighted by atomic mass is 35.5. The molecule has 106 valence electrons. The molecule has 0 saturated heterocycles. The number of halogens is 3. The van der Waals surface area contributed by atoms with Crippen molar-refractivity contribution in [3.8, 4) is 5.69 Å². The van der Waals surface area contributed by atoms with Crippen molar-refractivity contribution in [2.75, 3.05) is 0 Å². The van der Waals surface area contributed by atoms with Gasteiger partial charge in [-0.15, -0.1) is 0 Å². The van der Waals surface area contributed by atoms with E-state index in [-0.39, 0.29) is 27.7 Å². The number of aliphatic carboxylic acids is 1. The third-order valence-electron chi connectivity index (χ3n) is 2.73. The van der Waals surface area contributed by atoms with E-state index in [9.17, 15) is 9.59 Å². The number of carboxylic acids is 1. The van der Waals surface area contributed by atoms with Crippen LogP contribution in [0.25, 0.3) is 5.69 Å². The second-order valence-electron chi connectivity index (χ2n) is 4.14. The Morgan fingerprint density at radius 3 is 2.35 bits per heavy atom. The minimum Gasteiger partial charge on any atom is -0.481 e. The van der Waals surface area contributed by atoms with E-state index in [1.54, 1.807) is 6.92 Å². The van der Waals surface area contributed by atoms with Gasteiger partial charge in [-0.2, -0.15) is 0 Å². The molecule has 2 N–H and O–H groups in total. The molecule has 1 heterocycles. The molecule has 0 fully saturated rings. The highest BCUT2D eigenvalue weighted by molar-refractivity contribution is 6.40. The summed E-state index contributed by atoms with van der Waals surface area (Å²) in [6, 6.07) is 2.90. The van der Waals surface area contributed by atoms with Gasteiger partial charge in [0.25, 0.3) is 5.56 Å². The zero-order valence-corrected chi connectivity index (χ0v) is 12.5. The summed E-state index contributed by atoms with van der Waals surface area (Å²) in [6.07, 6.45) is -0.378. The van der Waals surface area contributed by atoms with Crippen molar-refractivity contribution in [2.45, 2.75) is 13.3 Å². The average Bonchev–Trinajstić information content (AvgIpc) is 2.55. The van der Waals surface area contributed by atoms with Crippen LogP contribution < -0.4 is 5.56 Å². The predicted octanol–water partition coefficient (Wildman–Crippen LogP) is 3.06. The van der Waals surface area contributed by atoms with E-state index in [0.29, 0.717) is 10.7 Å². The first-order valence-corrected chi connectivity index (χ1v) is 6.62. The number of rotatable bonds is 3. The van der Waals surface area contributed by atoms with Crippen LogP contribution in [-0.2, 0) is 11.2 Å². The highest BCUT2D eigenvalue weighted by Crippen LogP contribution is 2.31. The maximum atomic E-state index is 12.2. The van der Waals surface area contributed by atoms with Gasteiger partial charge in [0.05, 0.1) is 22.0 Å². The van der Waals surface area contributed by atoms with Gasteiger partial charge >= 0.3 is 5.97 Å². The summed E-state index contributed by atoms with van der Waals surface area (Å²) < 4.78 is 1.12. The number of nitrogens with zero attached hydrogens (tertiary/aromatic N) is 1. The summed E-state index contributed by atoms with van der Waals surface area (Å²) in [6.45, 7) is 1.61. The van der Waals surface area contributed by atoms with Gasteiger partial charge in [-0.3, -0.25) is 14.7 Å². The molecule has 0 bridgehead atoms. The van der Waals surface area contributed by atoms with Crippen molar-refractivity contribution < 1.29 is 9.90 Å². The molecule has 0 aliphatic rings. The lowest BCUT2D eigenvalue weighted by Gasteiger charge is -2.07. The van der Waals surface area contributed by atoms with E-state index >= 15 is 0 Å². The largest absolute Gasteiger partial charge is 0.481 e. The number of nitrogens with one attached hydrogen (secondary N) is 1. The summed E-state index contributed by atoms with van der Waals surface area (Å²) in [5.41, 5.74) is 0.331. The van der Waals surface area contributed by atoms with Crippen LogP contribution in [0.2, 0.25) is 15.1 Å². The second kappa shape index (κ2) is 5.52. The van der Waals surface area contributed by atoms with Gasteiger partial charge in [-0.25, -0.2) is 4.68 Å². The molecule has 1 aromatic heterocycles. The molecule has 0 atom stereocenters. The van der Waals surface area contributed by atoms with Crippen molar-refractivity contribution in [3.05, 3.63) is 48.8 Å². The van der Waals surface area contributed by atoms with Crippen molar-refractivity contribution in [3.63, 3.8) is 0 Å². The minimum absolute atomic E-state index is 0.152. The smallest absolute Gasteiger partial charge is 0.308 e. The number of aryl methyl sites for hydroxylation is 1. The summed E-state index contributed by atoms with van der Waals surface area (Å²) in [5.74, 6) is -1.09. The number of hydrogen-bond acceptors (Lipinski definition) is 2. The van der Waals surface area contributed by atoms with Crippen molar-refractivity contribution in [1.82, 2.24) is 9.78 Å². The van der Waals surface area contributed by atoms with E-state index in [1.807, 2.05) is 0 Å². The zero-order chi connectivity index (χ0) is 15.0. The van der Waals surface area contributed by atoms with E-state index in [2.05, 4.69) is 5.10 Å². The van der Waals surface area contributed by atoms with Crippen LogP contribution in [0.4, 0.5) is 0 Å². The fourth-order valence-electron chi connectivity index (χ4n) is 1.85. The zero-order valence-electron chi connectivity index (χ0n) is 10.2. The molecule has 2 aromatic rings. The monoisotopic (exact) mass is 334 g/mol. The van der Waals surface area contributed by atoms with Crippen LogP contribution in [0.3, 0.4) is 0 Å². The van der Waals surface area contributed by atoms with E-state index in [1.165, 1.54) is 12.1 Å². The van der Waals surface area contributed by atoms with Gasteiger partial charge in [-0.05, 0) is 19.1 Å². The molecule has 0 unspecified atom stereocenters. The standard InChI is InChI=1S/C12H9Cl3N2O3/c1-5-7(4-10(18)19)12(20)17(16-5)11-8(14)2-6(13)3-9(11)15/h2-3,16H,4H2,1H3,(H,18,19). The number of benzene rings is 1. The quantitative estimate of drug-likeness (QED) is 0.905. The molecule has 0 radical (unpaired) electrons. The number of carbonyl (C=O) groups is 1. The molecule has 0 amide bonds. The van der Waals surface area contributed by atoms with Crippen molar-refractivity contribution >= 4 is 40.8 Å². The third-order valence-corrected chi connectivity index (χ3v) is 3.52. The Hall–Kier alpha value is -1.43. The topological polar surface area (TPSA) is 75.1 Å². The Kier molecular flexibility index (Phi) is 4.13. The molecule has 0 aliphatic heterocycles. The summed E-state index contributed by atoms with van der Waals surface area (Å²) in [4.78, 5) is 23.0. The van der Waals surface area contributed by atoms with Gasteiger partial charge in [0.2, 0.25) is 0 Å². The molecule has 1 aromatic carbocycles. The molecule has 20 heavy (non-hydrogen) atoms. The summed E-state index contributed by atoms with van der Waals surface area (Å²) in [7, 11) is 0. The van der Waals surface area contributed by atoms with Crippen LogP contribution in [0.15, 0.2) is 16.9 Å². The molecule has 5 nitrogen and oxygen atoms in total. The Morgan fingerprint density at radius 1 is 1.30 bits per heavy atom. The Bertz CT molecular complexity index is 726. The Morgan fingerprint density at radius 2 is 1.85 bits per heavy atom. The van der Waals surface area contributed by atoms with Crippen LogP contribution in [0.1, 0.15) is 11.3 Å². The van der Waals surface area contributed by atoms with E-state index in [4.69, 9.17) is 39.9 Å². The number of hydrogen-bond donors (Lipinski definition) is 2. The molecular weight excluding hydrogens is 327 g/mol. The highest BCUT2D eigenvalue weighted by Gasteiger charge is 2.19. The Balaban J connectivity index is 2.66. The number of aromatic nitrogens is 2. The molecule has 2 rings (SSSR count). The molecule has 0 saturated carbocycles. The van der Waals surface area contributed by atoms with Crippen LogP contribution >= 0.6 is 34.8 Å². The third kappa shape index (κ3) is 2.70. The lowest BCUT2D eigenvalue weighted by atomic mass is 10.2. The van der Waals surface area contributed by atoms with E-state index in [0.717, 1.165) is 4.68 Å². The normalized spacial score (nSPS) is 10.8. The maximum Gasteiger partial charge on any atom is 0.308 e. The second-order valence-corrected chi connectivity index (χ2v) is 5.40. The van der Waals surface area contributed by atoms with Crippen LogP contribution in [0.5, 0.6) is 0 Å². The van der Waals surface area contributed by atoms with Gasteiger partial charge in [0.1, 0.15) is 5.69 Å². The van der Waals surface area contributed by atoms with Gasteiger partial charge < -0.3 is 5.11 Å². The number of carboxylic acid groups (broad SMARTS) is 1. The van der Waals surface area contributed by atoms with Crippen molar-refractivity contribution in [1.29, 1.82) is 0 Å². The molecule has 0 aliphatic carbocycles. The first-order chi connectivity index (χ1) is 9.31. The average molecular weight is 336 g/mol. The Labute approximate surface area is 128 Å². The fourth-order valence-corrected chi connectivity index (χ4v) is 2.83. The lowest BCUT2D eigenvalue weighted by Crippen LogP contribution is -2.19. The first-order valence-electron chi connectivity index (χ1n) is 5.48. The van der Waals surface area contributed by atoms with Crippen LogP contribution in [-0.4, -0.2) is 20.9 Å². The van der Waals surface area contributed by atoms with Crippen molar-refractivity contribution in [2.24, 2.45) is 0 Å². The lowest BCUT2D eigenvalue weighted by molar-refractivity contribution is -0.136. The predicted molar refractivity (Wildman–Crippen MR) is 77.5 cm³/mol. The number of H-pyrrole nitrogens is 1. The summed E-state index contributed by atoms with van der Waals surface area (Å²) >= 11 is 17.9. The minimum atomic E-state index is -1.09. The molecule has 8 heteroatoms. The van der Waals surface area contributed by atoms with E-state index < -0.39 is 11.5 Å². The summed E-state index contributed by atoms with van der Waals surface area (Å²) in [5, 5.41) is 12.3. The van der Waals surface area contributed by atoms with Gasteiger partial charge in [0, 0.05) is 10.7 Å². The maximum absolute atomic E-state index is 12.2. The van der Waals surface area contributed by atoms with Crippen LogP contribution in [0, 0.1) is 6.92 Å². The first kappa shape index (κ1) is 15.0. The number of aromatic amines is 1. The SMILES string of the molecule is Cc1[nH]n(-c2c(Cl)cc(Cl)cc2Cl)c(=O)c1CC(=O)O. The molecular formula is C12H9Cl3N2O3. The molecule has 0 spiro atoms.